The number of carbonyl (C=O) groups excluding carboxylic acids is 2. The molecule has 2 aromatic rings. The summed E-state index contributed by atoms with van der Waals surface area (Å²) >= 11 is 6.21. The maximum atomic E-state index is 12.5. The summed E-state index contributed by atoms with van der Waals surface area (Å²) in [5.74, 6) is -0.192. The van der Waals surface area contributed by atoms with Crippen LogP contribution in [0.15, 0.2) is 30.3 Å². The molecule has 2 atom stereocenters. The standard InChI is InChI=1S/C23H25ClN4O2/c1-13-6-14(8-17(24)7-13)4-5-20-25-18-9-15-11-23(21(29)26-22(30)28(23)3)12-16(15)10-19(18)27(20)2/h6-10,20,25H,4-5,11-12H2,1-3H3,(H,26,29,30). The molecule has 1 aliphatic carbocycles. The Kier molecular flexibility index (Phi) is 4.26. The molecule has 3 aliphatic rings. The van der Waals surface area contributed by atoms with E-state index in [-0.39, 0.29) is 18.1 Å². The minimum atomic E-state index is -0.781. The minimum Gasteiger partial charge on any atom is -0.363 e. The van der Waals surface area contributed by atoms with Crippen LogP contribution in [0.25, 0.3) is 0 Å². The summed E-state index contributed by atoms with van der Waals surface area (Å²) in [6.07, 6.45) is 3.22. The normalized spacial score (nSPS) is 24.3. The van der Waals surface area contributed by atoms with Gasteiger partial charge in [0.15, 0.2) is 0 Å². The van der Waals surface area contributed by atoms with Gasteiger partial charge in [-0.2, -0.15) is 0 Å². The third kappa shape index (κ3) is 2.85. The predicted octanol–water partition coefficient (Wildman–Crippen LogP) is 3.49. The number of carbonyl (C=O) groups is 2. The van der Waals surface area contributed by atoms with Gasteiger partial charge in [0.1, 0.15) is 5.54 Å². The minimum absolute atomic E-state index is 0.192. The molecule has 3 amide bonds. The van der Waals surface area contributed by atoms with Crippen LogP contribution in [0.5, 0.6) is 0 Å². The van der Waals surface area contributed by atoms with E-state index >= 15 is 0 Å². The second kappa shape index (κ2) is 6.64. The van der Waals surface area contributed by atoms with Crippen molar-refractivity contribution in [2.45, 2.75) is 44.3 Å². The molecule has 2 N–H and O–H groups in total. The Morgan fingerprint density at radius 1 is 1.10 bits per heavy atom. The Hall–Kier alpha value is -2.73. The third-order valence-electron chi connectivity index (χ3n) is 6.85. The lowest BCUT2D eigenvalue weighted by molar-refractivity contribution is -0.125. The lowest BCUT2D eigenvalue weighted by atomic mass is 9.95. The first-order valence-corrected chi connectivity index (χ1v) is 10.7. The van der Waals surface area contributed by atoms with Crippen LogP contribution in [-0.4, -0.2) is 42.6 Å². The molecule has 0 aromatic heterocycles. The molecule has 156 valence electrons. The van der Waals surface area contributed by atoms with Crippen molar-refractivity contribution in [3.63, 3.8) is 0 Å². The summed E-state index contributed by atoms with van der Waals surface area (Å²) in [6, 6.07) is 10.2. The largest absolute Gasteiger partial charge is 0.363 e. The van der Waals surface area contributed by atoms with Crippen LogP contribution in [0.4, 0.5) is 16.2 Å². The quantitative estimate of drug-likeness (QED) is 0.740. The van der Waals surface area contributed by atoms with Gasteiger partial charge in [-0.1, -0.05) is 17.7 Å². The molecule has 1 spiro atoms. The molecule has 2 unspecified atom stereocenters. The number of anilines is 2. The molecule has 1 fully saturated rings. The molecule has 1 saturated heterocycles. The molecular formula is C23H25ClN4O2. The number of amides is 3. The monoisotopic (exact) mass is 424 g/mol. The van der Waals surface area contributed by atoms with Crippen molar-refractivity contribution in [3.8, 4) is 0 Å². The van der Waals surface area contributed by atoms with Crippen LogP contribution in [0, 0.1) is 6.92 Å². The van der Waals surface area contributed by atoms with Crippen LogP contribution >= 0.6 is 11.6 Å². The van der Waals surface area contributed by atoms with Crippen LogP contribution in [0.3, 0.4) is 0 Å². The van der Waals surface area contributed by atoms with Crippen molar-refractivity contribution in [1.82, 2.24) is 10.2 Å². The number of likely N-dealkylation sites (N-methyl/N-ethyl adjacent to an activating group) is 1. The van der Waals surface area contributed by atoms with Crippen molar-refractivity contribution in [2.24, 2.45) is 0 Å². The maximum Gasteiger partial charge on any atom is 0.324 e. The summed E-state index contributed by atoms with van der Waals surface area (Å²) in [5, 5.41) is 6.88. The van der Waals surface area contributed by atoms with E-state index < -0.39 is 5.54 Å². The number of urea groups is 1. The fourth-order valence-electron chi connectivity index (χ4n) is 5.12. The Morgan fingerprint density at radius 2 is 1.83 bits per heavy atom. The fraction of sp³-hybridized carbons (Fsp3) is 0.391. The molecule has 2 aromatic carbocycles. The number of hydrogen-bond donors (Lipinski definition) is 2. The highest BCUT2D eigenvalue weighted by molar-refractivity contribution is 6.30. The van der Waals surface area contributed by atoms with Gasteiger partial charge in [0.25, 0.3) is 5.91 Å². The number of rotatable bonds is 3. The van der Waals surface area contributed by atoms with Gasteiger partial charge in [-0.15, -0.1) is 0 Å². The van der Waals surface area contributed by atoms with Crippen LogP contribution in [-0.2, 0) is 24.1 Å². The molecule has 30 heavy (non-hydrogen) atoms. The maximum absolute atomic E-state index is 12.5. The summed E-state index contributed by atoms with van der Waals surface area (Å²) in [7, 11) is 3.81. The van der Waals surface area contributed by atoms with Gasteiger partial charge in [0.2, 0.25) is 0 Å². The average Bonchev–Trinajstić information content (AvgIpc) is 3.27. The number of fused-ring (bicyclic) bond motifs is 2. The van der Waals surface area contributed by atoms with Gasteiger partial charge in [-0.05, 0) is 66.3 Å². The van der Waals surface area contributed by atoms with E-state index in [1.54, 1.807) is 11.9 Å². The van der Waals surface area contributed by atoms with Gasteiger partial charge in [0, 0.05) is 32.0 Å². The first-order chi connectivity index (χ1) is 14.3. The van der Waals surface area contributed by atoms with E-state index in [0.29, 0.717) is 12.8 Å². The molecule has 5 rings (SSSR count). The number of nitrogens with one attached hydrogen (secondary N) is 2. The van der Waals surface area contributed by atoms with Crippen molar-refractivity contribution in [3.05, 3.63) is 57.6 Å². The molecular weight excluding hydrogens is 400 g/mol. The van der Waals surface area contributed by atoms with Crippen molar-refractivity contribution in [1.29, 1.82) is 0 Å². The number of benzene rings is 2. The van der Waals surface area contributed by atoms with Gasteiger partial charge in [-0.25, -0.2) is 4.79 Å². The number of hydrogen-bond acceptors (Lipinski definition) is 4. The summed E-state index contributed by atoms with van der Waals surface area (Å²) < 4.78 is 0. The number of imide groups is 1. The highest BCUT2D eigenvalue weighted by Crippen LogP contribution is 2.44. The lowest BCUT2D eigenvalue weighted by Crippen LogP contribution is -2.48. The first kappa shape index (κ1) is 19.2. The number of nitrogens with zero attached hydrogens (tertiary/aromatic N) is 2. The Balaban J connectivity index is 1.34. The molecule has 2 aliphatic heterocycles. The number of halogens is 1. The van der Waals surface area contributed by atoms with Crippen molar-refractivity contribution < 1.29 is 9.59 Å². The van der Waals surface area contributed by atoms with Crippen LogP contribution in [0.1, 0.15) is 28.7 Å². The Labute approximate surface area is 181 Å². The Morgan fingerprint density at radius 3 is 2.50 bits per heavy atom. The van der Waals surface area contributed by atoms with E-state index in [0.717, 1.165) is 40.4 Å². The molecule has 2 heterocycles. The summed E-state index contributed by atoms with van der Waals surface area (Å²) in [4.78, 5) is 28.3. The predicted molar refractivity (Wildman–Crippen MR) is 118 cm³/mol. The van der Waals surface area contributed by atoms with Crippen LogP contribution < -0.4 is 15.5 Å². The van der Waals surface area contributed by atoms with E-state index in [4.69, 9.17) is 11.6 Å². The van der Waals surface area contributed by atoms with E-state index in [1.807, 2.05) is 12.1 Å². The highest BCUT2D eigenvalue weighted by Gasteiger charge is 2.54. The molecule has 0 saturated carbocycles. The topological polar surface area (TPSA) is 64.7 Å². The van der Waals surface area contributed by atoms with Gasteiger partial charge < -0.3 is 15.1 Å². The molecule has 0 bridgehead atoms. The lowest BCUT2D eigenvalue weighted by Gasteiger charge is -2.27. The number of aryl methyl sites for hydroxylation is 2. The van der Waals surface area contributed by atoms with Crippen LogP contribution in [0.2, 0.25) is 5.02 Å². The second-order valence-corrected chi connectivity index (χ2v) is 9.22. The highest BCUT2D eigenvalue weighted by atomic mass is 35.5. The fourth-order valence-corrected chi connectivity index (χ4v) is 5.43. The molecule has 0 radical (unpaired) electrons. The average molecular weight is 425 g/mol. The first-order valence-electron chi connectivity index (χ1n) is 10.3. The SMILES string of the molecule is Cc1cc(Cl)cc(CCC2Nc3cc4c(cc3N2C)CC2(C4)C(=O)NC(=O)N2C)c1. The van der Waals surface area contributed by atoms with E-state index in [1.165, 1.54) is 11.1 Å². The molecule has 6 nitrogen and oxygen atoms in total. The van der Waals surface area contributed by atoms with Gasteiger partial charge >= 0.3 is 6.03 Å². The third-order valence-corrected chi connectivity index (χ3v) is 7.07. The van der Waals surface area contributed by atoms with Gasteiger partial charge in [-0.3, -0.25) is 10.1 Å². The smallest absolute Gasteiger partial charge is 0.324 e. The van der Waals surface area contributed by atoms with E-state index in [9.17, 15) is 9.59 Å². The van der Waals surface area contributed by atoms with Gasteiger partial charge in [0.05, 0.1) is 17.5 Å². The Bertz CT molecular complexity index is 1060. The zero-order chi connectivity index (χ0) is 21.2. The second-order valence-electron chi connectivity index (χ2n) is 8.79. The van der Waals surface area contributed by atoms with Crippen molar-refractivity contribution in [2.75, 3.05) is 24.3 Å². The molecule has 7 heteroatoms. The summed E-state index contributed by atoms with van der Waals surface area (Å²) in [6.45, 7) is 2.06. The van der Waals surface area contributed by atoms with E-state index in [2.05, 4.69) is 47.7 Å². The van der Waals surface area contributed by atoms with Crippen molar-refractivity contribution >= 4 is 34.9 Å². The summed E-state index contributed by atoms with van der Waals surface area (Å²) in [5.41, 5.74) is 6.16. The zero-order valence-electron chi connectivity index (χ0n) is 17.4. The zero-order valence-corrected chi connectivity index (χ0v) is 18.1.